The van der Waals surface area contributed by atoms with E-state index in [9.17, 15) is 4.21 Å². The Morgan fingerprint density at radius 2 is 1.20 bits per heavy atom. The molecule has 10 heavy (non-hydrogen) atoms. The molecule has 0 spiro atoms. The van der Waals surface area contributed by atoms with Crippen molar-refractivity contribution in [1.82, 2.24) is 0 Å². The van der Waals surface area contributed by atoms with Gasteiger partial charge in [-0.05, 0) is 0 Å². The number of halogens is 1. The third-order valence-electron chi connectivity index (χ3n) is 0. The number of rotatable bonds is 0. The van der Waals surface area contributed by atoms with Gasteiger partial charge in [0.2, 0.25) is 0 Å². The number of hydrogen-bond acceptors (Lipinski definition) is 5. The fraction of sp³-hybridized carbons (Fsp3) is 1.00. The number of hydrogen-bond donors (Lipinski definition) is 3. The van der Waals surface area contributed by atoms with Crippen LogP contribution in [0.1, 0.15) is 0 Å². The predicted octanol–water partition coefficient (Wildman–Crippen LogP) is -2.48. The van der Waals surface area contributed by atoms with Crippen LogP contribution in [0.2, 0.25) is 0 Å². The molecule has 66 valence electrons. The third-order valence-corrected chi connectivity index (χ3v) is 0. The molecule has 0 fully saturated rings. The molecule has 5 nitrogen and oxygen atoms in total. The summed E-state index contributed by atoms with van der Waals surface area (Å²) in [6.45, 7) is 0. The molecule has 0 aliphatic rings. The minimum absolute atomic E-state index is 1.42. The Bertz CT molecular complexity index is 109. The molecule has 0 amide bonds. The minimum atomic E-state index is -4.19. The second-order valence-electron chi connectivity index (χ2n) is 2.16. The van der Waals surface area contributed by atoms with E-state index < -0.39 is 20.2 Å². The molecule has 0 atom stereocenters. The van der Waals surface area contributed by atoms with E-state index in [4.69, 9.17) is 18.6 Å². The Hall–Kier alpha value is 0.280. The summed E-state index contributed by atoms with van der Waals surface area (Å²) in [5.74, 6) is 0. The van der Waals surface area contributed by atoms with Crippen LogP contribution in [0.4, 0.5) is 0 Å². The Labute approximate surface area is 62.5 Å². The topological polar surface area (TPSA) is 101 Å². The predicted molar refractivity (Wildman–Crippen MR) is 32.5 cm³/mol. The van der Waals surface area contributed by atoms with E-state index in [0.717, 1.165) is 0 Å². The average molecular weight is 196 g/mol. The van der Waals surface area contributed by atoms with Crippen molar-refractivity contribution in [3.8, 4) is 0 Å². The summed E-state index contributed by atoms with van der Waals surface area (Å²) in [7, 11) is -5.61. The van der Waals surface area contributed by atoms with Crippen LogP contribution in [0.5, 0.6) is 0 Å². The van der Waals surface area contributed by atoms with Crippen LogP contribution in [0.25, 0.3) is 0 Å². The molecule has 7 heteroatoms. The summed E-state index contributed by atoms with van der Waals surface area (Å²) >= 11 is 0. The monoisotopic (exact) mass is 195 g/mol. The standard InChI is InChI=1S/C3H9OS.ClH3O4/c1-5(2,3)4;2-1(3,4)5/h1-3H3;2-4H/q+1;. The summed E-state index contributed by atoms with van der Waals surface area (Å²) < 4.78 is 40.4. The zero-order valence-corrected chi connectivity index (χ0v) is 7.52. The molecule has 0 bridgehead atoms. The first-order valence-corrected chi connectivity index (χ1v) is 6.16. The molecule has 0 aromatic heterocycles. The van der Waals surface area contributed by atoms with Crippen molar-refractivity contribution in [1.29, 1.82) is 0 Å². The Morgan fingerprint density at radius 3 is 1.20 bits per heavy atom. The van der Waals surface area contributed by atoms with Gasteiger partial charge < -0.3 is 0 Å². The SMILES string of the molecule is C[S+](C)(C)=O.[O-][Cl+](O)(O)O. The van der Waals surface area contributed by atoms with Gasteiger partial charge in [0.15, 0.2) is 0 Å². The van der Waals surface area contributed by atoms with Gasteiger partial charge in [-0.2, -0.15) is 0 Å². The Morgan fingerprint density at radius 1 is 1.20 bits per heavy atom. The van der Waals surface area contributed by atoms with E-state index in [0.29, 0.717) is 0 Å². The van der Waals surface area contributed by atoms with Crippen molar-refractivity contribution in [2.24, 2.45) is 0 Å². The second-order valence-corrected chi connectivity index (χ2v) is 6.48. The van der Waals surface area contributed by atoms with Crippen LogP contribution < -0.4 is 4.66 Å². The van der Waals surface area contributed by atoms with Gasteiger partial charge in [-0.15, -0.1) is 4.21 Å². The maximum absolute atomic E-state index is 10.2. The van der Waals surface area contributed by atoms with Gasteiger partial charge in [-0.25, -0.2) is 0 Å². The van der Waals surface area contributed by atoms with E-state index in [2.05, 4.69) is 0 Å². The Kier molecular flexibility index (Phi) is 5.45. The van der Waals surface area contributed by atoms with E-state index in [1.165, 1.54) is 0 Å². The van der Waals surface area contributed by atoms with Crippen molar-refractivity contribution in [3.63, 3.8) is 0 Å². The molecule has 0 saturated carbocycles. The first-order valence-electron chi connectivity index (χ1n) is 2.05. The zero-order chi connectivity index (χ0) is 9.00. The fourth-order valence-corrected chi connectivity index (χ4v) is 0. The molecule has 3 N–H and O–H groups in total. The molecule has 0 rings (SSSR count). The van der Waals surface area contributed by atoms with Crippen LogP contribution in [-0.2, 0) is 14.1 Å². The van der Waals surface area contributed by atoms with E-state index in [1.54, 1.807) is 18.8 Å². The summed E-state index contributed by atoms with van der Waals surface area (Å²) in [6, 6.07) is 0. The quantitative estimate of drug-likeness (QED) is 0.372. The van der Waals surface area contributed by atoms with Crippen molar-refractivity contribution < 1.29 is 33.1 Å². The van der Waals surface area contributed by atoms with Gasteiger partial charge in [-0.1, -0.05) is 0 Å². The van der Waals surface area contributed by atoms with Crippen LogP contribution in [-0.4, -0.2) is 32.7 Å². The van der Waals surface area contributed by atoms with Crippen molar-refractivity contribution in [2.45, 2.75) is 0 Å². The van der Waals surface area contributed by atoms with Gasteiger partial charge in [-0.3, -0.25) is 0 Å². The molecule has 0 aliphatic heterocycles. The molecule has 0 aliphatic carbocycles. The molecule has 0 aromatic rings. The summed E-state index contributed by atoms with van der Waals surface area (Å²) in [5.41, 5.74) is 0. The van der Waals surface area contributed by atoms with Crippen LogP contribution in [0.3, 0.4) is 0 Å². The van der Waals surface area contributed by atoms with Crippen LogP contribution in [0, 0.1) is 10.2 Å². The summed E-state index contributed by atoms with van der Waals surface area (Å²) in [4.78, 5) is 0. The molecule has 0 aromatic carbocycles. The first-order chi connectivity index (χ1) is 4.00. The van der Waals surface area contributed by atoms with Gasteiger partial charge in [0.1, 0.15) is 18.8 Å². The van der Waals surface area contributed by atoms with Gasteiger partial charge in [0.05, 0.1) is 9.93 Å². The normalized spacial score (nSPS) is 13.5. The average Bonchev–Trinajstić information content (AvgIpc) is 1.12. The van der Waals surface area contributed by atoms with Gasteiger partial charge in [0.25, 0.3) is 0 Å². The fourth-order valence-electron chi connectivity index (χ4n) is 0. The van der Waals surface area contributed by atoms with Crippen molar-refractivity contribution >= 4 is 9.93 Å². The molecule has 0 unspecified atom stereocenters. The van der Waals surface area contributed by atoms with Gasteiger partial charge >= 0.3 is 28.9 Å². The zero-order valence-electron chi connectivity index (χ0n) is 5.94. The molecular weight excluding hydrogens is 184 g/mol. The Balaban J connectivity index is 0. The van der Waals surface area contributed by atoms with Crippen molar-refractivity contribution in [2.75, 3.05) is 18.8 Å². The molecule has 0 saturated heterocycles. The summed E-state index contributed by atoms with van der Waals surface area (Å²) in [5, 5.41) is 0. The molecule has 0 heterocycles. The van der Waals surface area contributed by atoms with Crippen LogP contribution in [0.15, 0.2) is 0 Å². The second kappa shape index (κ2) is 4.22. The molecular formula is C3H12ClO5S+. The molecule has 0 radical (unpaired) electrons. The summed E-state index contributed by atoms with van der Waals surface area (Å²) in [6.07, 6.45) is 5.15. The third kappa shape index (κ3) is 5600. The van der Waals surface area contributed by atoms with Crippen LogP contribution >= 0.6 is 0 Å². The van der Waals surface area contributed by atoms with E-state index >= 15 is 0 Å². The van der Waals surface area contributed by atoms with Gasteiger partial charge in [0, 0.05) is 0 Å². The first kappa shape index (κ1) is 12.9. The van der Waals surface area contributed by atoms with E-state index in [1.807, 2.05) is 0 Å². The van der Waals surface area contributed by atoms with Crippen molar-refractivity contribution in [3.05, 3.63) is 0 Å². The maximum atomic E-state index is 10.2. The van der Waals surface area contributed by atoms with E-state index in [-0.39, 0.29) is 0 Å².